The first-order valence-corrected chi connectivity index (χ1v) is 6.88. The topological polar surface area (TPSA) is 87.5 Å². The Morgan fingerprint density at radius 3 is 2.65 bits per heavy atom. The summed E-state index contributed by atoms with van der Waals surface area (Å²) in [5.74, 6) is 0. The van der Waals surface area contributed by atoms with Gasteiger partial charge >= 0.3 is 0 Å². The van der Waals surface area contributed by atoms with Crippen LogP contribution in [0.2, 0.25) is 0 Å². The van der Waals surface area contributed by atoms with E-state index in [1.54, 1.807) is 18.2 Å². The lowest BCUT2D eigenvalue weighted by molar-refractivity contribution is 0.239. The van der Waals surface area contributed by atoms with Crippen LogP contribution in [0, 0.1) is 0 Å². The van der Waals surface area contributed by atoms with E-state index in [1.807, 2.05) is 0 Å². The minimum atomic E-state index is -4.56. The van der Waals surface area contributed by atoms with Crippen molar-refractivity contribution in [2.75, 3.05) is 0 Å². The average molecular weight is 318 g/mol. The molecule has 2 aromatic rings. The molecule has 0 spiro atoms. The SMILES string of the molecule is O=S(=O)(O)C(O)c1ccc(Br)c2cccnc12. The molecule has 2 N–H and O–H groups in total. The molecule has 0 bridgehead atoms. The third-order valence-corrected chi connectivity index (χ3v) is 3.81. The minimum absolute atomic E-state index is 0.0475. The largest absolute Gasteiger partial charge is 0.371 e. The van der Waals surface area contributed by atoms with E-state index in [9.17, 15) is 13.5 Å². The number of aliphatic hydroxyl groups is 1. The highest BCUT2D eigenvalue weighted by atomic mass is 79.9. The van der Waals surface area contributed by atoms with E-state index in [4.69, 9.17) is 4.55 Å². The van der Waals surface area contributed by atoms with E-state index in [2.05, 4.69) is 20.9 Å². The number of halogens is 1. The zero-order chi connectivity index (χ0) is 12.6. The van der Waals surface area contributed by atoms with E-state index in [0.29, 0.717) is 10.9 Å². The first kappa shape index (κ1) is 12.4. The zero-order valence-electron chi connectivity index (χ0n) is 8.41. The van der Waals surface area contributed by atoms with E-state index >= 15 is 0 Å². The van der Waals surface area contributed by atoms with Gasteiger partial charge in [-0.25, -0.2) is 0 Å². The van der Waals surface area contributed by atoms with Gasteiger partial charge in [0.2, 0.25) is 5.44 Å². The van der Waals surface area contributed by atoms with Gasteiger partial charge in [0.25, 0.3) is 10.1 Å². The van der Waals surface area contributed by atoms with Crippen LogP contribution in [0.25, 0.3) is 10.9 Å². The van der Waals surface area contributed by atoms with Gasteiger partial charge in [0.1, 0.15) is 0 Å². The smallest absolute Gasteiger partial charge is 0.296 e. The maximum absolute atomic E-state index is 10.9. The predicted molar refractivity (Wildman–Crippen MR) is 66.0 cm³/mol. The number of rotatable bonds is 2. The quantitative estimate of drug-likeness (QED) is 0.826. The molecule has 1 aromatic carbocycles. The van der Waals surface area contributed by atoms with Gasteiger partial charge in [-0.15, -0.1) is 0 Å². The summed E-state index contributed by atoms with van der Waals surface area (Å²) >= 11 is 3.30. The Hall–Kier alpha value is -1.02. The molecule has 1 aromatic heterocycles. The highest BCUT2D eigenvalue weighted by Gasteiger charge is 2.24. The number of fused-ring (bicyclic) bond motifs is 1. The third kappa shape index (κ3) is 2.32. The van der Waals surface area contributed by atoms with Crippen LogP contribution in [-0.4, -0.2) is 23.1 Å². The van der Waals surface area contributed by atoms with Gasteiger partial charge in [-0.3, -0.25) is 9.54 Å². The monoisotopic (exact) mass is 317 g/mol. The molecule has 0 fully saturated rings. The number of hydrogen-bond acceptors (Lipinski definition) is 4. The van der Waals surface area contributed by atoms with Gasteiger partial charge in [0, 0.05) is 21.6 Å². The van der Waals surface area contributed by atoms with Crippen molar-refractivity contribution in [2.45, 2.75) is 5.44 Å². The van der Waals surface area contributed by atoms with Crippen molar-refractivity contribution in [3.63, 3.8) is 0 Å². The molecular weight excluding hydrogens is 310 g/mol. The van der Waals surface area contributed by atoms with Gasteiger partial charge in [0.15, 0.2) is 0 Å². The van der Waals surface area contributed by atoms with Crippen molar-refractivity contribution in [3.05, 3.63) is 40.5 Å². The second-order valence-electron chi connectivity index (χ2n) is 3.40. The standard InChI is InChI=1S/C10H8BrNO4S/c11-8-4-3-7(10(13)17(14,15)16)9-6(8)2-1-5-12-9/h1-5,10,13H,(H,14,15,16). The lowest BCUT2D eigenvalue weighted by Crippen LogP contribution is -2.12. The molecule has 1 unspecified atom stereocenters. The Labute approximate surface area is 106 Å². The summed E-state index contributed by atoms with van der Waals surface area (Å²) in [5, 5.41) is 10.2. The highest BCUT2D eigenvalue weighted by Crippen LogP contribution is 2.30. The number of pyridine rings is 1. The summed E-state index contributed by atoms with van der Waals surface area (Å²) in [7, 11) is -4.56. The van der Waals surface area contributed by atoms with Gasteiger partial charge in [-0.2, -0.15) is 8.42 Å². The second-order valence-corrected chi connectivity index (χ2v) is 5.73. The molecule has 90 valence electrons. The van der Waals surface area contributed by atoms with Crippen molar-refractivity contribution in [3.8, 4) is 0 Å². The van der Waals surface area contributed by atoms with E-state index in [-0.39, 0.29) is 5.56 Å². The van der Waals surface area contributed by atoms with Crippen LogP contribution in [-0.2, 0) is 10.1 Å². The van der Waals surface area contributed by atoms with Crippen LogP contribution in [0.5, 0.6) is 0 Å². The van der Waals surface area contributed by atoms with Gasteiger partial charge in [0.05, 0.1) is 5.52 Å². The third-order valence-electron chi connectivity index (χ3n) is 2.30. The van der Waals surface area contributed by atoms with Crippen LogP contribution in [0.4, 0.5) is 0 Å². The second kappa shape index (κ2) is 4.34. The predicted octanol–water partition coefficient (Wildman–Crippen LogP) is 1.88. The lowest BCUT2D eigenvalue weighted by atomic mass is 10.1. The van der Waals surface area contributed by atoms with E-state index < -0.39 is 15.6 Å². The number of benzene rings is 1. The Kier molecular flexibility index (Phi) is 3.17. The zero-order valence-corrected chi connectivity index (χ0v) is 10.8. The molecule has 0 saturated heterocycles. The summed E-state index contributed by atoms with van der Waals surface area (Å²) < 4.78 is 31.4. The van der Waals surface area contributed by atoms with Crippen molar-refractivity contribution in [2.24, 2.45) is 0 Å². The first-order chi connectivity index (χ1) is 7.91. The van der Waals surface area contributed by atoms with Gasteiger partial charge < -0.3 is 5.11 Å². The lowest BCUT2D eigenvalue weighted by Gasteiger charge is -2.10. The number of hydrogen-bond donors (Lipinski definition) is 2. The van der Waals surface area contributed by atoms with Crippen molar-refractivity contribution in [1.29, 1.82) is 0 Å². The van der Waals surface area contributed by atoms with Crippen molar-refractivity contribution >= 4 is 37.0 Å². The van der Waals surface area contributed by atoms with Gasteiger partial charge in [-0.1, -0.05) is 28.1 Å². The normalized spacial score (nSPS) is 13.8. The van der Waals surface area contributed by atoms with Crippen molar-refractivity contribution in [1.82, 2.24) is 4.98 Å². The van der Waals surface area contributed by atoms with Crippen LogP contribution < -0.4 is 0 Å². The fourth-order valence-electron chi connectivity index (χ4n) is 1.52. The average Bonchev–Trinajstić information content (AvgIpc) is 2.28. The molecule has 7 heteroatoms. The fraction of sp³-hybridized carbons (Fsp3) is 0.100. The van der Waals surface area contributed by atoms with E-state index in [1.165, 1.54) is 12.3 Å². The van der Waals surface area contributed by atoms with Gasteiger partial charge in [-0.05, 0) is 12.1 Å². The highest BCUT2D eigenvalue weighted by molar-refractivity contribution is 9.10. The fourth-order valence-corrected chi connectivity index (χ4v) is 2.48. The summed E-state index contributed by atoms with van der Waals surface area (Å²) in [6, 6.07) is 6.41. The number of aliphatic hydroxyl groups excluding tert-OH is 1. The molecule has 0 aliphatic rings. The molecule has 0 amide bonds. The molecule has 1 atom stereocenters. The molecule has 0 aliphatic carbocycles. The van der Waals surface area contributed by atoms with Crippen molar-refractivity contribution < 1.29 is 18.1 Å². The molecular formula is C10H8BrNO4S. The molecule has 0 radical (unpaired) electrons. The summed E-state index contributed by atoms with van der Waals surface area (Å²) in [4.78, 5) is 4.01. The molecule has 0 saturated carbocycles. The van der Waals surface area contributed by atoms with Crippen LogP contribution in [0.15, 0.2) is 34.9 Å². The van der Waals surface area contributed by atoms with Crippen LogP contribution >= 0.6 is 15.9 Å². The van der Waals surface area contributed by atoms with Crippen LogP contribution in [0.1, 0.15) is 11.0 Å². The number of nitrogens with zero attached hydrogens (tertiary/aromatic N) is 1. The molecule has 17 heavy (non-hydrogen) atoms. The Balaban J connectivity index is 2.76. The number of aromatic nitrogens is 1. The summed E-state index contributed by atoms with van der Waals surface area (Å²) in [6.45, 7) is 0. The summed E-state index contributed by atoms with van der Waals surface area (Å²) in [6.07, 6.45) is 1.48. The maximum atomic E-state index is 10.9. The summed E-state index contributed by atoms with van der Waals surface area (Å²) in [5.41, 5.74) is -1.62. The Bertz CT molecular complexity index is 671. The molecule has 0 aliphatic heterocycles. The molecule has 2 rings (SSSR count). The van der Waals surface area contributed by atoms with Crippen LogP contribution in [0.3, 0.4) is 0 Å². The molecule has 5 nitrogen and oxygen atoms in total. The first-order valence-electron chi connectivity index (χ1n) is 4.59. The van der Waals surface area contributed by atoms with E-state index in [0.717, 1.165) is 4.47 Å². The maximum Gasteiger partial charge on any atom is 0.296 e. The Morgan fingerprint density at radius 1 is 1.29 bits per heavy atom. The molecule has 1 heterocycles. The Morgan fingerprint density at radius 2 is 2.00 bits per heavy atom. The minimum Gasteiger partial charge on any atom is -0.371 e.